The summed E-state index contributed by atoms with van der Waals surface area (Å²) in [4.78, 5) is 31.4. The molecule has 0 saturated carbocycles. The molecule has 1 fully saturated rings. The number of methoxy groups -OCH3 is 1. The predicted octanol–water partition coefficient (Wildman–Crippen LogP) is 3.96. The lowest BCUT2D eigenvalue weighted by Gasteiger charge is -2.19. The third kappa shape index (κ3) is 3.78. The van der Waals surface area contributed by atoms with Gasteiger partial charge in [-0.05, 0) is 44.2 Å². The zero-order chi connectivity index (χ0) is 21.3. The first-order chi connectivity index (χ1) is 14.5. The number of aryl methyl sites for hydroxylation is 2. The van der Waals surface area contributed by atoms with Gasteiger partial charge in [0.05, 0.1) is 24.4 Å². The van der Waals surface area contributed by atoms with Gasteiger partial charge in [-0.15, -0.1) is 0 Å². The van der Waals surface area contributed by atoms with Gasteiger partial charge < -0.3 is 19.4 Å². The first kappa shape index (κ1) is 19.7. The van der Waals surface area contributed by atoms with Gasteiger partial charge in [0.1, 0.15) is 11.5 Å². The smallest absolute Gasteiger partial charge is 0.229 e. The minimum Gasteiger partial charge on any atom is -0.495 e. The molecule has 0 bridgehead atoms. The molecule has 30 heavy (non-hydrogen) atoms. The summed E-state index contributed by atoms with van der Waals surface area (Å²) in [6.45, 7) is 4.06. The van der Waals surface area contributed by atoms with Crippen LogP contribution in [0.15, 0.2) is 52.9 Å². The van der Waals surface area contributed by atoms with Crippen LogP contribution in [0.25, 0.3) is 11.5 Å². The Labute approximate surface area is 174 Å². The topological polar surface area (TPSA) is 84.7 Å². The van der Waals surface area contributed by atoms with Crippen LogP contribution in [0, 0.1) is 19.8 Å². The number of nitrogens with zero attached hydrogens (tertiary/aromatic N) is 2. The minimum atomic E-state index is -0.447. The number of benzene rings is 2. The van der Waals surface area contributed by atoms with Crippen LogP contribution in [-0.2, 0) is 9.59 Å². The van der Waals surface area contributed by atoms with Crippen molar-refractivity contribution in [2.24, 2.45) is 5.92 Å². The minimum absolute atomic E-state index is 0.0980. The van der Waals surface area contributed by atoms with Crippen LogP contribution in [-0.4, -0.2) is 30.5 Å². The summed E-state index contributed by atoms with van der Waals surface area (Å²) in [6.07, 6.45) is 0.154. The second kappa shape index (κ2) is 8.02. The van der Waals surface area contributed by atoms with E-state index >= 15 is 0 Å². The van der Waals surface area contributed by atoms with E-state index in [1.807, 2.05) is 50.2 Å². The number of carbonyl (C=O) groups excluding carboxylic acids is 2. The van der Waals surface area contributed by atoms with E-state index < -0.39 is 5.92 Å². The van der Waals surface area contributed by atoms with Crippen LogP contribution in [0.4, 0.5) is 11.4 Å². The zero-order valence-corrected chi connectivity index (χ0v) is 17.1. The van der Waals surface area contributed by atoms with Crippen molar-refractivity contribution in [1.82, 2.24) is 4.98 Å². The van der Waals surface area contributed by atoms with Crippen molar-refractivity contribution in [3.05, 3.63) is 60.0 Å². The molecule has 2 aromatic carbocycles. The number of nitrogens with one attached hydrogen (secondary N) is 1. The van der Waals surface area contributed by atoms with Crippen LogP contribution in [0.2, 0.25) is 0 Å². The van der Waals surface area contributed by atoms with Gasteiger partial charge in [0, 0.05) is 24.2 Å². The summed E-state index contributed by atoms with van der Waals surface area (Å²) in [7, 11) is 1.56. The van der Waals surface area contributed by atoms with Crippen molar-refractivity contribution in [2.45, 2.75) is 20.3 Å². The van der Waals surface area contributed by atoms with Crippen molar-refractivity contribution < 1.29 is 18.7 Å². The zero-order valence-electron chi connectivity index (χ0n) is 17.1. The molecule has 1 atom stereocenters. The fraction of sp³-hybridized carbons (Fsp3) is 0.261. The second-order valence-electron chi connectivity index (χ2n) is 7.31. The number of hydrogen-bond acceptors (Lipinski definition) is 5. The number of rotatable bonds is 5. The summed E-state index contributed by atoms with van der Waals surface area (Å²) in [5, 5.41) is 2.92. The maximum Gasteiger partial charge on any atom is 0.229 e. The first-order valence-corrected chi connectivity index (χ1v) is 9.75. The lowest BCUT2D eigenvalue weighted by atomic mass is 10.1. The molecule has 1 aliphatic heterocycles. The third-order valence-corrected chi connectivity index (χ3v) is 5.28. The molecule has 1 aromatic heterocycles. The molecule has 1 N–H and O–H groups in total. The van der Waals surface area contributed by atoms with E-state index in [-0.39, 0.29) is 18.2 Å². The van der Waals surface area contributed by atoms with Gasteiger partial charge in [-0.1, -0.05) is 18.2 Å². The Morgan fingerprint density at radius 1 is 1.20 bits per heavy atom. The van der Waals surface area contributed by atoms with E-state index in [4.69, 9.17) is 9.15 Å². The van der Waals surface area contributed by atoms with Gasteiger partial charge in [-0.25, -0.2) is 4.98 Å². The molecule has 0 aliphatic carbocycles. The highest BCUT2D eigenvalue weighted by molar-refractivity contribution is 6.04. The molecule has 1 saturated heterocycles. The Bertz CT molecular complexity index is 1090. The van der Waals surface area contributed by atoms with E-state index in [2.05, 4.69) is 10.3 Å². The van der Waals surface area contributed by atoms with E-state index in [0.717, 1.165) is 17.0 Å². The molecule has 1 aliphatic rings. The highest BCUT2D eigenvalue weighted by atomic mass is 16.5. The Balaban J connectivity index is 1.48. The molecule has 4 rings (SSSR count). The Hall–Kier alpha value is -3.61. The number of carbonyl (C=O) groups is 2. The van der Waals surface area contributed by atoms with Crippen molar-refractivity contribution in [3.8, 4) is 17.2 Å². The molecule has 2 amide bonds. The van der Waals surface area contributed by atoms with Gasteiger partial charge in [-0.2, -0.15) is 0 Å². The molecule has 3 aromatic rings. The van der Waals surface area contributed by atoms with Crippen molar-refractivity contribution in [1.29, 1.82) is 0 Å². The predicted molar refractivity (Wildman–Crippen MR) is 113 cm³/mol. The van der Waals surface area contributed by atoms with Crippen molar-refractivity contribution in [3.63, 3.8) is 0 Å². The lowest BCUT2D eigenvalue weighted by Crippen LogP contribution is -2.28. The number of aromatic nitrogens is 1. The molecule has 1 unspecified atom stereocenters. The van der Waals surface area contributed by atoms with Crippen LogP contribution in [0.3, 0.4) is 0 Å². The third-order valence-electron chi connectivity index (χ3n) is 5.28. The van der Waals surface area contributed by atoms with Gasteiger partial charge in [-0.3, -0.25) is 9.59 Å². The van der Waals surface area contributed by atoms with Crippen LogP contribution in [0.1, 0.15) is 17.9 Å². The lowest BCUT2D eigenvalue weighted by molar-refractivity contribution is -0.122. The number of oxazole rings is 1. The molecule has 0 spiro atoms. The molecule has 0 radical (unpaired) electrons. The molecule has 154 valence electrons. The standard InChI is InChI=1S/C23H23N3O4/c1-14-15(2)30-23(24-14)16-7-6-8-18(11-16)25-22(28)17-12-21(27)26(13-17)19-9-4-5-10-20(19)29-3/h4-11,17H,12-13H2,1-3H3,(H,25,28). The highest BCUT2D eigenvalue weighted by Gasteiger charge is 2.36. The number of ether oxygens (including phenoxy) is 1. The van der Waals surface area contributed by atoms with Gasteiger partial charge in [0.2, 0.25) is 17.7 Å². The van der Waals surface area contributed by atoms with Crippen LogP contribution < -0.4 is 15.0 Å². The normalized spacial score (nSPS) is 16.0. The number of anilines is 2. The van der Waals surface area contributed by atoms with E-state index in [9.17, 15) is 9.59 Å². The van der Waals surface area contributed by atoms with Gasteiger partial charge in [0.15, 0.2) is 0 Å². The number of para-hydroxylation sites is 2. The maximum atomic E-state index is 12.8. The molecule has 7 nitrogen and oxygen atoms in total. The van der Waals surface area contributed by atoms with Crippen LogP contribution >= 0.6 is 0 Å². The summed E-state index contributed by atoms with van der Waals surface area (Å²) in [6, 6.07) is 14.6. The van der Waals surface area contributed by atoms with E-state index in [0.29, 0.717) is 29.6 Å². The number of amides is 2. The summed E-state index contributed by atoms with van der Waals surface area (Å²) >= 11 is 0. The fourth-order valence-corrected chi connectivity index (χ4v) is 3.54. The SMILES string of the molecule is COc1ccccc1N1CC(C(=O)Nc2cccc(-c3nc(C)c(C)o3)c2)CC1=O. The second-order valence-corrected chi connectivity index (χ2v) is 7.31. The Morgan fingerprint density at radius 3 is 2.73 bits per heavy atom. The Morgan fingerprint density at radius 2 is 2.00 bits per heavy atom. The average molecular weight is 405 g/mol. The van der Waals surface area contributed by atoms with Crippen LogP contribution in [0.5, 0.6) is 5.75 Å². The highest BCUT2D eigenvalue weighted by Crippen LogP contribution is 2.33. The van der Waals surface area contributed by atoms with Gasteiger partial charge in [0.25, 0.3) is 0 Å². The largest absolute Gasteiger partial charge is 0.495 e. The molecule has 7 heteroatoms. The molecular weight excluding hydrogens is 382 g/mol. The van der Waals surface area contributed by atoms with Crippen molar-refractivity contribution in [2.75, 3.05) is 23.9 Å². The Kier molecular flexibility index (Phi) is 5.27. The monoisotopic (exact) mass is 405 g/mol. The first-order valence-electron chi connectivity index (χ1n) is 9.75. The van der Waals surface area contributed by atoms with E-state index in [1.54, 1.807) is 24.1 Å². The quantitative estimate of drug-likeness (QED) is 0.695. The van der Waals surface area contributed by atoms with E-state index in [1.165, 1.54) is 0 Å². The number of hydrogen-bond donors (Lipinski definition) is 1. The summed E-state index contributed by atoms with van der Waals surface area (Å²) in [5.41, 5.74) is 2.92. The summed E-state index contributed by atoms with van der Waals surface area (Å²) in [5.74, 6) is 1.14. The summed E-state index contributed by atoms with van der Waals surface area (Å²) < 4.78 is 11.0. The fourth-order valence-electron chi connectivity index (χ4n) is 3.54. The molecule has 2 heterocycles. The average Bonchev–Trinajstić information content (AvgIpc) is 3.30. The molecular formula is C23H23N3O4. The van der Waals surface area contributed by atoms with Crippen molar-refractivity contribution >= 4 is 23.2 Å². The van der Waals surface area contributed by atoms with Gasteiger partial charge >= 0.3 is 0 Å². The maximum absolute atomic E-state index is 12.8.